The van der Waals surface area contributed by atoms with Crippen LogP contribution in [0.5, 0.6) is 5.75 Å². The first-order valence-corrected chi connectivity index (χ1v) is 11.5. The molecule has 186 valence electrons. The van der Waals surface area contributed by atoms with Crippen molar-refractivity contribution in [2.75, 3.05) is 18.6 Å². The molecule has 0 saturated carbocycles. The molecule has 1 aliphatic rings. The number of esters is 1. The van der Waals surface area contributed by atoms with Crippen molar-refractivity contribution in [1.29, 1.82) is 0 Å². The van der Waals surface area contributed by atoms with Crippen LogP contribution < -0.4 is 9.64 Å². The smallest absolute Gasteiger partial charge is 0.337 e. The summed E-state index contributed by atoms with van der Waals surface area (Å²) in [6, 6.07) is 13.5. The number of aliphatic hydroxyl groups excluding tert-OH is 1. The summed E-state index contributed by atoms with van der Waals surface area (Å²) in [6.45, 7) is 6.47. The average Bonchev–Trinajstić information content (AvgIpc) is 3.49. The van der Waals surface area contributed by atoms with Gasteiger partial charge in [-0.05, 0) is 66.9 Å². The Bertz CT molecular complexity index is 1340. The summed E-state index contributed by atoms with van der Waals surface area (Å²) in [6.07, 6.45) is 1.42. The fraction of sp³-hybridized carbons (Fsp3) is 0.250. The molecule has 8 nitrogen and oxygen atoms in total. The Morgan fingerprint density at radius 2 is 1.86 bits per heavy atom. The summed E-state index contributed by atoms with van der Waals surface area (Å²) >= 11 is 0. The quantitative estimate of drug-likeness (QED) is 0.215. The molecule has 1 fully saturated rings. The number of Topliss-reactive ketones (excluding diaryl/α,β-unsaturated/α-hetero) is 1. The minimum absolute atomic E-state index is 0.117. The van der Waals surface area contributed by atoms with Crippen molar-refractivity contribution in [2.24, 2.45) is 5.92 Å². The van der Waals surface area contributed by atoms with E-state index in [2.05, 4.69) is 0 Å². The molecule has 1 saturated heterocycles. The number of rotatable bonds is 7. The van der Waals surface area contributed by atoms with Gasteiger partial charge in [-0.25, -0.2) is 4.79 Å². The van der Waals surface area contributed by atoms with Gasteiger partial charge < -0.3 is 19.0 Å². The van der Waals surface area contributed by atoms with E-state index in [9.17, 15) is 19.5 Å². The average molecular weight is 490 g/mol. The van der Waals surface area contributed by atoms with Gasteiger partial charge in [0.05, 0.1) is 31.1 Å². The second-order valence-corrected chi connectivity index (χ2v) is 8.91. The van der Waals surface area contributed by atoms with E-state index < -0.39 is 23.7 Å². The number of nitrogens with zero attached hydrogens (tertiary/aromatic N) is 1. The molecule has 2 heterocycles. The Balaban J connectivity index is 1.82. The fourth-order valence-corrected chi connectivity index (χ4v) is 4.09. The van der Waals surface area contributed by atoms with Crippen molar-refractivity contribution in [3.05, 3.63) is 88.9 Å². The molecule has 0 aliphatic carbocycles. The van der Waals surface area contributed by atoms with Crippen LogP contribution in [0.1, 0.15) is 47.1 Å². The minimum atomic E-state index is -1.04. The SMILES string of the molecule is COC(=O)c1cccc(N2C(=O)C(=O)/C(=C(\O)c3ccc(OCC(C)C)c(C)c3)C2c2ccco2)c1. The molecule has 36 heavy (non-hydrogen) atoms. The lowest BCUT2D eigenvalue weighted by atomic mass is 9.98. The van der Waals surface area contributed by atoms with Crippen molar-refractivity contribution < 1.29 is 33.4 Å². The first-order valence-electron chi connectivity index (χ1n) is 11.5. The number of aryl methyl sites for hydroxylation is 1. The lowest BCUT2D eigenvalue weighted by Gasteiger charge is -2.23. The van der Waals surface area contributed by atoms with E-state index in [0.29, 0.717) is 23.8 Å². The molecule has 1 aromatic heterocycles. The standard InChI is InChI=1S/C28H27NO7/c1-16(2)15-36-21-11-10-18(13-17(21)3)25(30)23-24(22-9-6-12-35-22)29(27(32)26(23)31)20-8-5-7-19(14-20)28(33)34-4/h5-14,16,24,30H,15H2,1-4H3/b25-23-. The Labute approximate surface area is 208 Å². The maximum absolute atomic E-state index is 13.2. The van der Waals surface area contributed by atoms with E-state index in [4.69, 9.17) is 13.9 Å². The van der Waals surface area contributed by atoms with Crippen molar-refractivity contribution in [3.63, 3.8) is 0 Å². The highest BCUT2D eigenvalue weighted by Crippen LogP contribution is 2.42. The second kappa shape index (κ2) is 10.1. The first kappa shape index (κ1) is 24.8. The second-order valence-electron chi connectivity index (χ2n) is 8.91. The molecule has 3 aromatic rings. The van der Waals surface area contributed by atoms with Crippen LogP contribution in [0.3, 0.4) is 0 Å². The number of anilines is 1. The van der Waals surface area contributed by atoms with Gasteiger partial charge in [-0.15, -0.1) is 0 Å². The molecule has 2 aromatic carbocycles. The zero-order valence-electron chi connectivity index (χ0n) is 20.5. The number of ketones is 1. The molecule has 0 radical (unpaired) electrons. The molecule has 1 unspecified atom stereocenters. The zero-order valence-corrected chi connectivity index (χ0v) is 20.5. The maximum Gasteiger partial charge on any atom is 0.337 e. The molecule has 0 bridgehead atoms. The number of aliphatic hydroxyl groups is 1. The van der Waals surface area contributed by atoms with Crippen molar-refractivity contribution >= 4 is 29.1 Å². The number of benzene rings is 2. The zero-order chi connectivity index (χ0) is 26.0. The molecule has 1 N–H and O–H groups in total. The molecule has 1 aliphatic heterocycles. The largest absolute Gasteiger partial charge is 0.507 e. The highest BCUT2D eigenvalue weighted by atomic mass is 16.5. The summed E-state index contributed by atoms with van der Waals surface area (Å²) in [5, 5.41) is 11.3. The van der Waals surface area contributed by atoms with Crippen molar-refractivity contribution in [1.82, 2.24) is 0 Å². The Morgan fingerprint density at radius 3 is 2.50 bits per heavy atom. The lowest BCUT2D eigenvalue weighted by Crippen LogP contribution is -2.29. The lowest BCUT2D eigenvalue weighted by molar-refractivity contribution is -0.132. The van der Waals surface area contributed by atoms with Crippen molar-refractivity contribution in [3.8, 4) is 5.75 Å². The third kappa shape index (κ3) is 4.62. The van der Waals surface area contributed by atoms with Crippen LogP contribution in [0.15, 0.2) is 70.9 Å². The van der Waals surface area contributed by atoms with Crippen LogP contribution in [-0.4, -0.2) is 36.5 Å². The molecular formula is C28H27NO7. The predicted octanol–water partition coefficient (Wildman–Crippen LogP) is 5.04. The van der Waals surface area contributed by atoms with E-state index in [0.717, 1.165) is 5.56 Å². The number of carbonyl (C=O) groups excluding carboxylic acids is 3. The minimum Gasteiger partial charge on any atom is -0.507 e. The monoisotopic (exact) mass is 489 g/mol. The number of methoxy groups -OCH3 is 1. The van der Waals surface area contributed by atoms with Gasteiger partial charge in [0.2, 0.25) is 0 Å². The maximum atomic E-state index is 13.2. The Hall–Kier alpha value is -4.33. The summed E-state index contributed by atoms with van der Waals surface area (Å²) in [5.74, 6) is -1.34. The van der Waals surface area contributed by atoms with Crippen molar-refractivity contribution in [2.45, 2.75) is 26.8 Å². The Morgan fingerprint density at radius 1 is 1.08 bits per heavy atom. The predicted molar refractivity (Wildman–Crippen MR) is 133 cm³/mol. The van der Waals surface area contributed by atoms with Crippen LogP contribution in [0.2, 0.25) is 0 Å². The van der Waals surface area contributed by atoms with Gasteiger partial charge in [-0.1, -0.05) is 19.9 Å². The van der Waals surface area contributed by atoms with Crippen LogP contribution in [0.25, 0.3) is 5.76 Å². The Kier molecular flexibility index (Phi) is 6.96. The first-order chi connectivity index (χ1) is 17.2. The van der Waals surface area contributed by atoms with Gasteiger partial charge in [-0.2, -0.15) is 0 Å². The summed E-state index contributed by atoms with van der Waals surface area (Å²) in [5.41, 5.74) is 1.52. The van der Waals surface area contributed by atoms with E-state index in [1.54, 1.807) is 48.5 Å². The third-order valence-electron chi connectivity index (χ3n) is 5.82. The highest BCUT2D eigenvalue weighted by molar-refractivity contribution is 6.51. The summed E-state index contributed by atoms with van der Waals surface area (Å²) in [7, 11) is 1.26. The van der Waals surface area contributed by atoms with Gasteiger partial charge in [0, 0.05) is 11.3 Å². The topological polar surface area (TPSA) is 106 Å². The van der Waals surface area contributed by atoms with Gasteiger partial charge in [0.15, 0.2) is 0 Å². The highest BCUT2D eigenvalue weighted by Gasteiger charge is 2.48. The fourth-order valence-electron chi connectivity index (χ4n) is 4.09. The number of hydrogen-bond acceptors (Lipinski definition) is 7. The molecule has 4 rings (SSSR count). The van der Waals surface area contributed by atoms with E-state index in [1.165, 1.54) is 24.3 Å². The van der Waals surface area contributed by atoms with Gasteiger partial charge in [0.1, 0.15) is 23.3 Å². The molecular weight excluding hydrogens is 462 g/mol. The van der Waals surface area contributed by atoms with E-state index in [-0.39, 0.29) is 28.3 Å². The van der Waals surface area contributed by atoms with Crippen LogP contribution in [-0.2, 0) is 14.3 Å². The number of hydrogen-bond donors (Lipinski definition) is 1. The van der Waals surface area contributed by atoms with E-state index in [1.807, 2.05) is 20.8 Å². The van der Waals surface area contributed by atoms with Crippen LogP contribution >= 0.6 is 0 Å². The molecule has 1 atom stereocenters. The van der Waals surface area contributed by atoms with Gasteiger partial charge >= 0.3 is 5.97 Å². The summed E-state index contributed by atoms with van der Waals surface area (Å²) < 4.78 is 16.2. The van der Waals surface area contributed by atoms with Crippen LogP contribution in [0.4, 0.5) is 5.69 Å². The number of carbonyl (C=O) groups is 3. The number of amides is 1. The van der Waals surface area contributed by atoms with E-state index >= 15 is 0 Å². The van der Waals surface area contributed by atoms with Gasteiger partial charge in [-0.3, -0.25) is 14.5 Å². The molecule has 1 amide bonds. The van der Waals surface area contributed by atoms with Gasteiger partial charge in [0.25, 0.3) is 11.7 Å². The number of ether oxygens (including phenoxy) is 2. The third-order valence-corrected chi connectivity index (χ3v) is 5.82. The summed E-state index contributed by atoms with van der Waals surface area (Å²) in [4.78, 5) is 39.8. The molecule has 8 heteroatoms. The van der Waals surface area contributed by atoms with Crippen LogP contribution in [0, 0.1) is 12.8 Å². The number of furan rings is 1. The normalized spacial score (nSPS) is 17.0. The molecule has 0 spiro atoms.